The molecule has 3 heterocycles. The van der Waals surface area contributed by atoms with E-state index < -0.39 is 15.7 Å². The minimum absolute atomic E-state index is 0.0312. The molecule has 27 heavy (non-hydrogen) atoms. The Labute approximate surface area is 156 Å². The molecule has 0 bridgehead atoms. The van der Waals surface area contributed by atoms with Crippen molar-refractivity contribution in [1.29, 1.82) is 0 Å². The Hall–Kier alpha value is -2.75. The summed E-state index contributed by atoms with van der Waals surface area (Å²) in [5.41, 5.74) is 0.328. The Kier molecular flexibility index (Phi) is 5.26. The molecule has 10 heteroatoms. The number of hydrogen-bond acceptors (Lipinski definition) is 7. The van der Waals surface area contributed by atoms with Crippen LogP contribution in [0.25, 0.3) is 0 Å². The number of anilines is 1. The summed E-state index contributed by atoms with van der Waals surface area (Å²) in [6.45, 7) is 3.87. The highest BCUT2D eigenvalue weighted by Gasteiger charge is 2.34. The van der Waals surface area contributed by atoms with Gasteiger partial charge in [0, 0.05) is 30.4 Å². The third-order valence-corrected chi connectivity index (χ3v) is 6.11. The predicted molar refractivity (Wildman–Crippen MR) is 97.2 cm³/mol. The first-order chi connectivity index (χ1) is 12.8. The topological polar surface area (TPSA) is 122 Å². The lowest BCUT2D eigenvalue weighted by molar-refractivity contribution is 0.0708. The third kappa shape index (κ3) is 4.33. The van der Waals surface area contributed by atoms with Crippen molar-refractivity contribution in [2.75, 3.05) is 23.4 Å². The fourth-order valence-corrected chi connectivity index (χ4v) is 4.78. The summed E-state index contributed by atoms with van der Waals surface area (Å²) in [5, 5.41) is 6.22. The van der Waals surface area contributed by atoms with E-state index in [9.17, 15) is 18.0 Å². The number of pyridine rings is 1. The maximum Gasteiger partial charge on any atom is 0.275 e. The number of hydrogen-bond donors (Lipinski definition) is 1. The summed E-state index contributed by atoms with van der Waals surface area (Å²) in [5.74, 6) is 0.00598. The molecule has 0 radical (unpaired) electrons. The number of carbonyl (C=O) groups excluding carboxylic acids is 2. The SMILES string of the molecule is CCN(C(=O)c1ccnc(C(=O)Nc2cc(C)on2)c1)C1CCS(=O)(=O)C1. The smallest absolute Gasteiger partial charge is 0.275 e. The zero-order chi connectivity index (χ0) is 19.6. The number of nitrogens with one attached hydrogen (secondary N) is 1. The number of sulfone groups is 1. The Bertz CT molecular complexity index is 969. The van der Waals surface area contributed by atoms with Crippen LogP contribution < -0.4 is 5.32 Å². The van der Waals surface area contributed by atoms with Crippen LogP contribution in [0.2, 0.25) is 0 Å². The second-order valence-electron chi connectivity index (χ2n) is 6.35. The van der Waals surface area contributed by atoms with Crippen molar-refractivity contribution in [3.05, 3.63) is 41.4 Å². The summed E-state index contributed by atoms with van der Waals surface area (Å²) >= 11 is 0. The van der Waals surface area contributed by atoms with Gasteiger partial charge in [-0.15, -0.1) is 0 Å². The van der Waals surface area contributed by atoms with Gasteiger partial charge in [-0.05, 0) is 32.4 Å². The number of amides is 2. The van der Waals surface area contributed by atoms with Crippen LogP contribution in [0, 0.1) is 6.92 Å². The molecule has 1 aliphatic heterocycles. The lowest BCUT2D eigenvalue weighted by atomic mass is 10.1. The summed E-state index contributed by atoms with van der Waals surface area (Å²) in [6.07, 6.45) is 1.79. The first-order valence-corrected chi connectivity index (χ1v) is 10.3. The van der Waals surface area contributed by atoms with E-state index in [0.717, 1.165) is 0 Å². The fraction of sp³-hybridized carbons (Fsp3) is 0.412. The number of nitrogens with zero attached hydrogens (tertiary/aromatic N) is 3. The maximum atomic E-state index is 12.9. The van der Waals surface area contributed by atoms with E-state index in [0.29, 0.717) is 18.7 Å². The molecule has 0 aromatic carbocycles. The maximum absolute atomic E-state index is 12.9. The highest BCUT2D eigenvalue weighted by molar-refractivity contribution is 7.91. The molecule has 0 saturated carbocycles. The lowest BCUT2D eigenvalue weighted by Gasteiger charge is -2.27. The molecule has 1 N–H and O–H groups in total. The summed E-state index contributed by atoms with van der Waals surface area (Å²) in [4.78, 5) is 30.7. The van der Waals surface area contributed by atoms with Gasteiger partial charge < -0.3 is 14.7 Å². The van der Waals surface area contributed by atoms with Gasteiger partial charge in [0.15, 0.2) is 15.7 Å². The van der Waals surface area contributed by atoms with Crippen molar-refractivity contribution in [1.82, 2.24) is 15.0 Å². The molecule has 2 aromatic rings. The van der Waals surface area contributed by atoms with Crippen LogP contribution in [0.4, 0.5) is 5.82 Å². The van der Waals surface area contributed by atoms with Crippen LogP contribution in [0.5, 0.6) is 0 Å². The zero-order valence-electron chi connectivity index (χ0n) is 15.0. The molecule has 3 rings (SSSR count). The minimum Gasteiger partial charge on any atom is -0.360 e. The second kappa shape index (κ2) is 7.47. The standard InChI is InChI=1S/C17H20N4O5S/c1-3-21(13-5-7-27(24,25)10-13)17(23)12-4-6-18-14(9-12)16(22)19-15-8-11(2)26-20-15/h4,6,8-9,13H,3,5,7,10H2,1-2H3,(H,19,20,22). The Morgan fingerprint density at radius 3 is 2.74 bits per heavy atom. The van der Waals surface area contributed by atoms with E-state index in [1.807, 2.05) is 0 Å². The van der Waals surface area contributed by atoms with Crippen LogP contribution in [-0.2, 0) is 9.84 Å². The van der Waals surface area contributed by atoms with Gasteiger partial charge in [-0.2, -0.15) is 0 Å². The number of aromatic nitrogens is 2. The molecule has 1 aliphatic rings. The van der Waals surface area contributed by atoms with E-state index in [1.165, 1.54) is 23.2 Å². The van der Waals surface area contributed by atoms with Gasteiger partial charge in [-0.25, -0.2) is 8.42 Å². The molecule has 2 aromatic heterocycles. The van der Waals surface area contributed by atoms with E-state index >= 15 is 0 Å². The quantitative estimate of drug-likeness (QED) is 0.813. The van der Waals surface area contributed by atoms with Crippen molar-refractivity contribution in [3.63, 3.8) is 0 Å². The van der Waals surface area contributed by atoms with Crippen molar-refractivity contribution in [2.45, 2.75) is 26.3 Å². The highest BCUT2D eigenvalue weighted by Crippen LogP contribution is 2.20. The Morgan fingerprint density at radius 1 is 1.37 bits per heavy atom. The van der Waals surface area contributed by atoms with E-state index in [-0.39, 0.29) is 40.5 Å². The van der Waals surface area contributed by atoms with Gasteiger partial charge in [0.05, 0.1) is 11.5 Å². The molecule has 1 fully saturated rings. The number of aryl methyl sites for hydroxylation is 1. The molecule has 1 saturated heterocycles. The Morgan fingerprint density at radius 2 is 2.15 bits per heavy atom. The first-order valence-electron chi connectivity index (χ1n) is 8.51. The van der Waals surface area contributed by atoms with Crippen LogP contribution >= 0.6 is 0 Å². The fourth-order valence-electron chi connectivity index (χ4n) is 3.05. The molecule has 1 unspecified atom stereocenters. The van der Waals surface area contributed by atoms with Crippen molar-refractivity contribution < 1.29 is 22.5 Å². The van der Waals surface area contributed by atoms with Crippen LogP contribution in [0.3, 0.4) is 0 Å². The largest absolute Gasteiger partial charge is 0.360 e. The van der Waals surface area contributed by atoms with E-state index in [2.05, 4.69) is 15.5 Å². The van der Waals surface area contributed by atoms with Crippen LogP contribution in [0.1, 0.15) is 40.0 Å². The van der Waals surface area contributed by atoms with Crippen molar-refractivity contribution in [2.24, 2.45) is 0 Å². The van der Waals surface area contributed by atoms with Crippen LogP contribution in [0.15, 0.2) is 28.9 Å². The molecular weight excluding hydrogens is 372 g/mol. The predicted octanol–water partition coefficient (Wildman–Crippen LogP) is 1.28. The van der Waals surface area contributed by atoms with Gasteiger partial charge in [-0.1, -0.05) is 5.16 Å². The zero-order valence-corrected chi connectivity index (χ0v) is 15.8. The lowest BCUT2D eigenvalue weighted by Crippen LogP contribution is -2.41. The van der Waals surface area contributed by atoms with Gasteiger partial charge in [0.1, 0.15) is 11.5 Å². The van der Waals surface area contributed by atoms with E-state index in [1.54, 1.807) is 19.9 Å². The Balaban J connectivity index is 1.77. The molecule has 0 spiro atoms. The normalized spacial score (nSPS) is 18.2. The van der Waals surface area contributed by atoms with Crippen molar-refractivity contribution in [3.8, 4) is 0 Å². The van der Waals surface area contributed by atoms with Gasteiger partial charge in [0.25, 0.3) is 11.8 Å². The average Bonchev–Trinajstić information content (AvgIpc) is 3.20. The molecule has 144 valence electrons. The molecular formula is C17H20N4O5S. The molecule has 2 amide bonds. The van der Waals surface area contributed by atoms with Gasteiger partial charge in [-0.3, -0.25) is 14.6 Å². The summed E-state index contributed by atoms with van der Waals surface area (Å²) in [7, 11) is -3.11. The monoisotopic (exact) mass is 392 g/mol. The van der Waals surface area contributed by atoms with E-state index in [4.69, 9.17) is 4.52 Å². The average molecular weight is 392 g/mol. The minimum atomic E-state index is -3.11. The molecule has 1 atom stereocenters. The van der Waals surface area contributed by atoms with Crippen LogP contribution in [-0.4, -0.2) is 59.4 Å². The van der Waals surface area contributed by atoms with Gasteiger partial charge >= 0.3 is 0 Å². The summed E-state index contributed by atoms with van der Waals surface area (Å²) < 4.78 is 28.3. The third-order valence-electron chi connectivity index (χ3n) is 4.36. The molecule has 0 aliphatic carbocycles. The van der Waals surface area contributed by atoms with Crippen molar-refractivity contribution >= 4 is 27.5 Å². The second-order valence-corrected chi connectivity index (χ2v) is 8.58. The van der Waals surface area contributed by atoms with Gasteiger partial charge in [0.2, 0.25) is 0 Å². The number of carbonyl (C=O) groups is 2. The number of rotatable bonds is 5. The molecule has 9 nitrogen and oxygen atoms in total. The first kappa shape index (κ1) is 19.0. The highest BCUT2D eigenvalue weighted by atomic mass is 32.2. The summed E-state index contributed by atoms with van der Waals surface area (Å²) in [6, 6.07) is 4.10.